The van der Waals surface area contributed by atoms with Crippen LogP contribution in [-0.2, 0) is 21.0 Å². The largest absolute Gasteiger partial charge is 0.343 e. The van der Waals surface area contributed by atoms with Gasteiger partial charge in [0, 0.05) is 20.0 Å². The van der Waals surface area contributed by atoms with Gasteiger partial charge in [0.25, 0.3) is 0 Å². The van der Waals surface area contributed by atoms with Crippen LogP contribution in [0.15, 0.2) is 30.3 Å². The number of rotatable bonds is 2. The lowest BCUT2D eigenvalue weighted by atomic mass is 9.88. The molecule has 2 fully saturated rings. The Kier molecular flexibility index (Phi) is 3.68. The van der Waals surface area contributed by atoms with E-state index in [1.54, 1.807) is 6.92 Å². The highest BCUT2D eigenvalue weighted by Gasteiger charge is 2.47. The van der Waals surface area contributed by atoms with Gasteiger partial charge in [0.05, 0.1) is 13.0 Å². The first-order chi connectivity index (χ1) is 10.1. The maximum atomic E-state index is 12.2. The maximum absolute atomic E-state index is 12.2. The van der Waals surface area contributed by atoms with Gasteiger partial charge >= 0.3 is 0 Å². The van der Waals surface area contributed by atoms with Crippen LogP contribution in [-0.4, -0.2) is 40.5 Å². The molecule has 0 saturated carbocycles. The Morgan fingerprint density at radius 2 is 1.90 bits per heavy atom. The normalized spacial score (nSPS) is 21.1. The Hall–Kier alpha value is -1.88. The highest BCUT2D eigenvalue weighted by Crippen LogP contribution is 2.37. The molecule has 0 radical (unpaired) electrons. The first kappa shape index (κ1) is 14.1. The van der Waals surface area contributed by atoms with Crippen LogP contribution >= 0.6 is 0 Å². The van der Waals surface area contributed by atoms with Gasteiger partial charge in [0.1, 0.15) is 5.60 Å². The van der Waals surface area contributed by atoms with E-state index in [0.29, 0.717) is 26.1 Å². The number of nitrogens with zero attached hydrogens (tertiary/aromatic N) is 2. The molecule has 5 nitrogen and oxygen atoms in total. The molecule has 3 rings (SSSR count). The fourth-order valence-electron chi connectivity index (χ4n) is 3.05. The zero-order valence-corrected chi connectivity index (χ0v) is 12.2. The first-order valence-electron chi connectivity index (χ1n) is 7.37. The average Bonchev–Trinajstić information content (AvgIpc) is 2.76. The van der Waals surface area contributed by atoms with E-state index in [2.05, 4.69) is 0 Å². The molecule has 0 aromatic heterocycles. The van der Waals surface area contributed by atoms with Crippen LogP contribution in [0.3, 0.4) is 0 Å². The number of hydrogen-bond acceptors (Lipinski definition) is 3. The Bertz CT molecular complexity index is 536. The van der Waals surface area contributed by atoms with Crippen molar-refractivity contribution in [3.05, 3.63) is 35.9 Å². The first-order valence-corrected chi connectivity index (χ1v) is 7.37. The number of likely N-dealkylation sites (tertiary alicyclic amines) is 1. The van der Waals surface area contributed by atoms with Gasteiger partial charge in [-0.1, -0.05) is 30.3 Å². The second-order valence-corrected chi connectivity index (χ2v) is 5.87. The molecule has 2 aliphatic heterocycles. The summed E-state index contributed by atoms with van der Waals surface area (Å²) in [7, 11) is 0. The number of piperidine rings is 1. The van der Waals surface area contributed by atoms with E-state index in [4.69, 9.17) is 4.84 Å². The van der Waals surface area contributed by atoms with Crippen molar-refractivity contribution in [2.75, 3.05) is 13.1 Å². The number of hydroxylamine groups is 2. The lowest BCUT2D eigenvalue weighted by molar-refractivity contribution is -0.214. The maximum Gasteiger partial charge on any atom is 0.249 e. The molecule has 1 aromatic carbocycles. The molecule has 0 atom stereocenters. The van der Waals surface area contributed by atoms with Gasteiger partial charge in [-0.15, -0.1) is 0 Å². The van der Waals surface area contributed by atoms with Crippen molar-refractivity contribution in [2.45, 2.75) is 38.3 Å². The van der Waals surface area contributed by atoms with E-state index < -0.39 is 5.60 Å². The second-order valence-electron chi connectivity index (χ2n) is 5.87. The third-order valence-corrected chi connectivity index (χ3v) is 4.34. The summed E-state index contributed by atoms with van der Waals surface area (Å²) in [6, 6.07) is 9.84. The minimum atomic E-state index is -0.405. The smallest absolute Gasteiger partial charge is 0.249 e. The Morgan fingerprint density at radius 3 is 2.52 bits per heavy atom. The number of benzene rings is 1. The van der Waals surface area contributed by atoms with E-state index in [-0.39, 0.29) is 11.8 Å². The molecule has 0 N–H and O–H groups in total. The Balaban J connectivity index is 1.64. The van der Waals surface area contributed by atoms with Crippen molar-refractivity contribution in [1.29, 1.82) is 0 Å². The van der Waals surface area contributed by atoms with Gasteiger partial charge in [0.2, 0.25) is 11.8 Å². The molecule has 5 heteroatoms. The summed E-state index contributed by atoms with van der Waals surface area (Å²) in [4.78, 5) is 31.4. The van der Waals surface area contributed by atoms with E-state index in [1.165, 1.54) is 5.06 Å². The molecule has 0 bridgehead atoms. The highest BCUT2D eigenvalue weighted by molar-refractivity contribution is 5.78. The van der Waals surface area contributed by atoms with E-state index in [0.717, 1.165) is 18.4 Å². The van der Waals surface area contributed by atoms with Crippen LogP contribution in [0.4, 0.5) is 0 Å². The monoisotopic (exact) mass is 288 g/mol. The van der Waals surface area contributed by atoms with Gasteiger partial charge in [-0.05, 0) is 18.4 Å². The van der Waals surface area contributed by atoms with Crippen LogP contribution in [0.5, 0.6) is 0 Å². The summed E-state index contributed by atoms with van der Waals surface area (Å²) in [5, 5.41) is 1.48. The molecule has 0 aliphatic carbocycles. The third kappa shape index (κ3) is 2.93. The topological polar surface area (TPSA) is 49.9 Å². The van der Waals surface area contributed by atoms with Crippen molar-refractivity contribution in [2.24, 2.45) is 0 Å². The van der Waals surface area contributed by atoms with Crippen molar-refractivity contribution < 1.29 is 14.4 Å². The molecule has 112 valence electrons. The van der Waals surface area contributed by atoms with Crippen molar-refractivity contribution in [3.63, 3.8) is 0 Å². The van der Waals surface area contributed by atoms with Crippen LogP contribution in [0, 0.1) is 0 Å². The number of carbonyl (C=O) groups excluding carboxylic acids is 2. The molecule has 2 amide bonds. The fourth-order valence-corrected chi connectivity index (χ4v) is 3.05. The van der Waals surface area contributed by atoms with Gasteiger partial charge in [-0.3, -0.25) is 14.4 Å². The zero-order valence-electron chi connectivity index (χ0n) is 12.2. The number of carbonyl (C=O) groups is 2. The van der Waals surface area contributed by atoms with Gasteiger partial charge in [-0.2, -0.15) is 0 Å². The van der Waals surface area contributed by atoms with Crippen molar-refractivity contribution in [1.82, 2.24) is 9.96 Å². The standard InChI is InChI=1S/C16H20N2O3/c1-13(19)17-9-7-16(8-10-17)11-15(20)18(21-16)12-14-5-3-2-4-6-14/h2-6H,7-12H2,1H3. The summed E-state index contributed by atoms with van der Waals surface area (Å²) in [6.07, 6.45) is 1.87. The minimum Gasteiger partial charge on any atom is -0.343 e. The summed E-state index contributed by atoms with van der Waals surface area (Å²) >= 11 is 0. The summed E-state index contributed by atoms with van der Waals surface area (Å²) in [5.74, 6) is 0.130. The molecular weight excluding hydrogens is 268 g/mol. The lowest BCUT2D eigenvalue weighted by Crippen LogP contribution is -2.46. The predicted octanol–water partition coefficient (Wildman–Crippen LogP) is 1.73. The quantitative estimate of drug-likeness (QED) is 0.833. The fraction of sp³-hybridized carbons (Fsp3) is 0.500. The molecule has 2 heterocycles. The molecular formula is C16H20N2O3. The second kappa shape index (κ2) is 5.48. The van der Waals surface area contributed by atoms with Crippen LogP contribution < -0.4 is 0 Å². The molecule has 1 spiro atoms. The molecule has 21 heavy (non-hydrogen) atoms. The van der Waals surface area contributed by atoms with Crippen LogP contribution in [0.25, 0.3) is 0 Å². The van der Waals surface area contributed by atoms with Gasteiger partial charge in [-0.25, -0.2) is 5.06 Å². The van der Waals surface area contributed by atoms with Gasteiger partial charge in [0.15, 0.2) is 0 Å². The van der Waals surface area contributed by atoms with Crippen LogP contribution in [0.2, 0.25) is 0 Å². The van der Waals surface area contributed by atoms with E-state index in [1.807, 2.05) is 35.2 Å². The Morgan fingerprint density at radius 1 is 1.24 bits per heavy atom. The molecule has 1 aromatic rings. The number of amides is 2. The van der Waals surface area contributed by atoms with Crippen LogP contribution in [0.1, 0.15) is 31.7 Å². The number of hydrogen-bond donors (Lipinski definition) is 0. The van der Waals surface area contributed by atoms with E-state index >= 15 is 0 Å². The molecule has 2 aliphatic rings. The summed E-state index contributed by atoms with van der Waals surface area (Å²) in [5.41, 5.74) is 0.654. The average molecular weight is 288 g/mol. The molecule has 0 unspecified atom stereocenters. The van der Waals surface area contributed by atoms with Crippen molar-refractivity contribution in [3.8, 4) is 0 Å². The third-order valence-electron chi connectivity index (χ3n) is 4.34. The van der Waals surface area contributed by atoms with Crippen molar-refractivity contribution >= 4 is 11.8 Å². The SMILES string of the molecule is CC(=O)N1CCC2(CC1)CC(=O)N(Cc1ccccc1)O2. The Labute approximate surface area is 124 Å². The minimum absolute atomic E-state index is 0.0372. The summed E-state index contributed by atoms with van der Waals surface area (Å²) in [6.45, 7) is 3.40. The summed E-state index contributed by atoms with van der Waals surface area (Å²) < 4.78 is 0. The van der Waals surface area contributed by atoms with E-state index in [9.17, 15) is 9.59 Å². The lowest BCUT2D eigenvalue weighted by Gasteiger charge is -2.37. The van der Waals surface area contributed by atoms with Gasteiger partial charge < -0.3 is 4.90 Å². The molecule has 2 saturated heterocycles. The highest BCUT2D eigenvalue weighted by atomic mass is 16.7. The zero-order chi connectivity index (χ0) is 14.9. The predicted molar refractivity (Wildman–Crippen MR) is 76.9 cm³/mol.